The third-order valence-corrected chi connectivity index (χ3v) is 3.39. The highest BCUT2D eigenvalue weighted by Crippen LogP contribution is 2.33. The lowest BCUT2D eigenvalue weighted by atomic mass is 10.1. The van der Waals surface area contributed by atoms with Crippen molar-refractivity contribution >= 4 is 14.4 Å². The molecule has 0 bridgehead atoms. The van der Waals surface area contributed by atoms with Crippen LogP contribution in [0.4, 0.5) is 4.39 Å². The molecule has 0 aromatic heterocycles. The summed E-state index contributed by atoms with van der Waals surface area (Å²) in [7, 11) is -2.62. The van der Waals surface area contributed by atoms with Gasteiger partial charge >= 0.3 is 13.9 Å². The van der Waals surface area contributed by atoms with Crippen molar-refractivity contribution in [2.75, 3.05) is 13.2 Å². The number of hydrogen-bond donors (Lipinski definition) is 4. The maximum absolute atomic E-state index is 13.3. The third kappa shape index (κ3) is 6.86. The third-order valence-electron chi connectivity index (χ3n) is 2.21. The van der Waals surface area contributed by atoms with Crippen molar-refractivity contribution in [3.05, 3.63) is 0 Å². The van der Waals surface area contributed by atoms with Crippen molar-refractivity contribution < 1.29 is 38.8 Å². The van der Waals surface area contributed by atoms with E-state index in [1.54, 1.807) is 0 Å². The van der Waals surface area contributed by atoms with Gasteiger partial charge in [0.1, 0.15) is 12.2 Å². The van der Waals surface area contributed by atoms with Crippen LogP contribution in [-0.4, -0.2) is 69.4 Å². The number of nitrogens with zero attached hydrogens (tertiary/aromatic N) is 1. The van der Waals surface area contributed by atoms with Gasteiger partial charge < -0.3 is 15.3 Å². The first kappa shape index (κ1) is 18.3. The summed E-state index contributed by atoms with van der Waals surface area (Å²) in [5.41, 5.74) is 0. The highest BCUT2D eigenvalue weighted by Gasteiger charge is 2.38. The van der Waals surface area contributed by atoms with E-state index in [2.05, 4.69) is 4.52 Å². The summed E-state index contributed by atoms with van der Waals surface area (Å²) in [6, 6.07) is 0. The van der Waals surface area contributed by atoms with Gasteiger partial charge in [0.05, 0.1) is 25.7 Å². The van der Waals surface area contributed by atoms with E-state index in [1.165, 1.54) is 6.92 Å². The van der Waals surface area contributed by atoms with Gasteiger partial charge in [0, 0.05) is 0 Å². The lowest BCUT2D eigenvalue weighted by Crippen LogP contribution is -2.44. The average molecular weight is 302 g/mol. The lowest BCUT2D eigenvalue weighted by molar-refractivity contribution is -0.163. The van der Waals surface area contributed by atoms with E-state index in [9.17, 15) is 29.1 Å². The number of carbonyl (C=O) groups excluding carboxylic acids is 1. The monoisotopic (exact) mass is 302 g/mol. The summed E-state index contributed by atoms with van der Waals surface area (Å²) in [5.74, 6) is -2.00. The number of hydroxylamine groups is 2. The van der Waals surface area contributed by atoms with Crippen LogP contribution in [0, 0.1) is 0 Å². The molecule has 4 N–H and O–H groups in total. The van der Waals surface area contributed by atoms with E-state index in [1.807, 2.05) is 0 Å². The standard InChI is InChI=1S/C9H18FNO7P/c1-2-18-19(17)8(10)3-6(13)9(15)7(14)4-11(16)5-12/h5-9,13-16H,2-4H2,1H3/q+1/t6-,7+,8?,9-/m1/s1. The van der Waals surface area contributed by atoms with Gasteiger partial charge in [-0.2, -0.15) is 4.39 Å². The fourth-order valence-electron chi connectivity index (χ4n) is 1.23. The number of rotatable bonds is 10. The van der Waals surface area contributed by atoms with E-state index in [0.717, 1.165) is 0 Å². The van der Waals surface area contributed by atoms with Crippen LogP contribution in [0.25, 0.3) is 0 Å². The van der Waals surface area contributed by atoms with Crippen molar-refractivity contribution in [2.45, 2.75) is 37.6 Å². The normalized spacial score (nSPS) is 18.3. The molecule has 0 heterocycles. The van der Waals surface area contributed by atoms with Gasteiger partial charge in [0.25, 0.3) is 0 Å². The summed E-state index contributed by atoms with van der Waals surface area (Å²) >= 11 is 0. The molecule has 2 unspecified atom stereocenters. The molecule has 5 atom stereocenters. The molecule has 112 valence electrons. The fourth-order valence-corrected chi connectivity index (χ4v) is 2.04. The van der Waals surface area contributed by atoms with Crippen LogP contribution in [0.2, 0.25) is 0 Å². The Morgan fingerprint density at radius 2 is 1.95 bits per heavy atom. The number of alkyl halides is 1. The Hall–Kier alpha value is -0.700. The van der Waals surface area contributed by atoms with Crippen LogP contribution in [0.1, 0.15) is 13.3 Å². The Bertz CT molecular complexity index is 296. The smallest absolute Gasteiger partial charge is 0.390 e. The molecule has 0 fully saturated rings. The molecule has 8 nitrogen and oxygen atoms in total. The molecule has 0 aliphatic heterocycles. The molecule has 0 saturated heterocycles. The fraction of sp³-hybridized carbons (Fsp3) is 0.889. The molecule has 1 amide bonds. The summed E-state index contributed by atoms with van der Waals surface area (Å²) in [6.45, 7) is 0.899. The molecule has 0 aromatic carbocycles. The van der Waals surface area contributed by atoms with Gasteiger partial charge in [-0.1, -0.05) is 0 Å². The first-order valence-electron chi connectivity index (χ1n) is 5.51. The van der Waals surface area contributed by atoms with Crippen molar-refractivity contribution in [1.82, 2.24) is 5.06 Å². The summed E-state index contributed by atoms with van der Waals surface area (Å²) in [4.78, 5) is 10.1. The van der Waals surface area contributed by atoms with E-state index in [-0.39, 0.29) is 18.1 Å². The number of amides is 1. The second-order valence-electron chi connectivity index (χ2n) is 3.73. The van der Waals surface area contributed by atoms with Crippen molar-refractivity contribution in [1.29, 1.82) is 0 Å². The largest absolute Gasteiger partial charge is 0.545 e. The first-order chi connectivity index (χ1) is 8.83. The van der Waals surface area contributed by atoms with Crippen LogP contribution in [0.15, 0.2) is 0 Å². The number of hydrogen-bond acceptors (Lipinski definition) is 7. The van der Waals surface area contributed by atoms with Crippen LogP contribution in [-0.2, 0) is 13.9 Å². The second kappa shape index (κ2) is 9.24. The minimum Gasteiger partial charge on any atom is -0.390 e. The number of aliphatic hydroxyl groups excluding tert-OH is 3. The molecule has 0 aromatic rings. The minimum absolute atomic E-state index is 0.00767. The van der Waals surface area contributed by atoms with Crippen LogP contribution < -0.4 is 0 Å². The molecular formula is C9H18FNO7P+. The Morgan fingerprint density at radius 1 is 1.37 bits per heavy atom. The lowest BCUT2D eigenvalue weighted by Gasteiger charge is -2.23. The predicted molar refractivity (Wildman–Crippen MR) is 61.3 cm³/mol. The Balaban J connectivity index is 4.28. The van der Waals surface area contributed by atoms with Gasteiger partial charge in [0.15, 0.2) is 0 Å². The van der Waals surface area contributed by atoms with E-state index >= 15 is 0 Å². The zero-order valence-electron chi connectivity index (χ0n) is 10.3. The van der Waals surface area contributed by atoms with Gasteiger partial charge in [-0.05, 0) is 11.5 Å². The molecule has 0 aliphatic carbocycles. The zero-order chi connectivity index (χ0) is 15.0. The Kier molecular flexibility index (Phi) is 8.90. The average Bonchev–Trinajstić information content (AvgIpc) is 2.37. The number of halogens is 1. The summed E-state index contributed by atoms with van der Waals surface area (Å²) in [5, 5.41) is 37.1. The Morgan fingerprint density at radius 3 is 2.42 bits per heavy atom. The van der Waals surface area contributed by atoms with Gasteiger partial charge in [0.2, 0.25) is 6.41 Å². The molecule has 10 heteroatoms. The number of carbonyl (C=O) groups is 1. The molecule has 0 rings (SSSR count). The number of aliphatic hydroxyl groups is 3. The highest BCUT2D eigenvalue weighted by atomic mass is 31.1. The molecule has 0 aliphatic rings. The molecule has 0 spiro atoms. The topological polar surface area (TPSA) is 128 Å². The molecule has 0 saturated carbocycles. The minimum atomic E-state index is -2.62. The van der Waals surface area contributed by atoms with Gasteiger partial charge in [-0.3, -0.25) is 10.0 Å². The molecule has 19 heavy (non-hydrogen) atoms. The zero-order valence-corrected chi connectivity index (χ0v) is 11.2. The van der Waals surface area contributed by atoms with Gasteiger partial charge in [-0.15, -0.1) is 4.52 Å². The van der Waals surface area contributed by atoms with Crippen molar-refractivity contribution in [2.24, 2.45) is 0 Å². The van der Waals surface area contributed by atoms with Crippen LogP contribution in [0.3, 0.4) is 0 Å². The van der Waals surface area contributed by atoms with Crippen molar-refractivity contribution in [3.8, 4) is 0 Å². The van der Waals surface area contributed by atoms with E-state index in [0.29, 0.717) is 0 Å². The second-order valence-corrected chi connectivity index (χ2v) is 5.12. The van der Waals surface area contributed by atoms with Crippen LogP contribution in [0.5, 0.6) is 0 Å². The predicted octanol–water partition coefficient (Wildman–Crippen LogP) is -0.619. The Labute approximate surface area is 110 Å². The van der Waals surface area contributed by atoms with Crippen LogP contribution >= 0.6 is 8.03 Å². The molecular weight excluding hydrogens is 284 g/mol. The first-order valence-corrected chi connectivity index (χ1v) is 6.76. The van der Waals surface area contributed by atoms with E-state index < -0.39 is 45.2 Å². The summed E-state index contributed by atoms with van der Waals surface area (Å²) < 4.78 is 28.9. The highest BCUT2D eigenvalue weighted by molar-refractivity contribution is 7.39. The van der Waals surface area contributed by atoms with E-state index in [4.69, 9.17) is 5.21 Å². The van der Waals surface area contributed by atoms with Gasteiger partial charge in [-0.25, -0.2) is 5.06 Å². The summed E-state index contributed by atoms with van der Waals surface area (Å²) in [6.07, 6.45) is -5.92. The van der Waals surface area contributed by atoms with Crippen molar-refractivity contribution in [3.63, 3.8) is 0 Å². The maximum atomic E-state index is 13.3. The SMILES string of the molecule is CCO[P+](=O)C(F)C[C@@H](O)[C@@H](O)[C@@H](O)CN(O)C=O. The molecule has 0 radical (unpaired) electrons. The quantitative estimate of drug-likeness (QED) is 0.183. The maximum Gasteiger partial charge on any atom is 0.545 e.